The van der Waals surface area contributed by atoms with Crippen molar-refractivity contribution >= 4 is 23.4 Å². The van der Waals surface area contributed by atoms with Crippen LogP contribution in [-0.4, -0.2) is 47.0 Å². The molecule has 3 heterocycles. The number of fused-ring (bicyclic) bond motifs is 1. The van der Waals surface area contributed by atoms with Crippen LogP contribution in [0.25, 0.3) is 0 Å². The van der Waals surface area contributed by atoms with Gasteiger partial charge in [-0.3, -0.25) is 4.79 Å². The Kier molecular flexibility index (Phi) is 6.78. The maximum absolute atomic E-state index is 13.4. The summed E-state index contributed by atoms with van der Waals surface area (Å²) in [5.41, 5.74) is 2.24. The first-order valence-electron chi connectivity index (χ1n) is 11.0. The minimum Gasteiger partial charge on any atom is -0.369 e. The fourth-order valence-electron chi connectivity index (χ4n) is 4.04. The molecule has 2 aliphatic rings. The van der Waals surface area contributed by atoms with Gasteiger partial charge in [0.15, 0.2) is 0 Å². The predicted molar refractivity (Wildman–Crippen MR) is 116 cm³/mol. The largest absolute Gasteiger partial charge is 0.421 e. The SMILES string of the molecule is O=C1CCCCN1CCCNc1nc(Nc2ccc3c(c2)CCNC3)ncc1C(F)(F)F. The third-order valence-corrected chi connectivity index (χ3v) is 5.76. The van der Waals surface area contributed by atoms with Gasteiger partial charge in [-0.05, 0) is 55.5 Å². The molecule has 0 radical (unpaired) electrons. The van der Waals surface area contributed by atoms with Gasteiger partial charge in [-0.15, -0.1) is 0 Å². The number of hydrogen-bond donors (Lipinski definition) is 3. The van der Waals surface area contributed by atoms with Crippen LogP contribution in [0.3, 0.4) is 0 Å². The lowest BCUT2D eigenvalue weighted by molar-refractivity contribution is -0.137. The van der Waals surface area contributed by atoms with Gasteiger partial charge >= 0.3 is 6.18 Å². The molecule has 1 amide bonds. The summed E-state index contributed by atoms with van der Waals surface area (Å²) >= 11 is 0. The number of rotatable bonds is 7. The van der Waals surface area contributed by atoms with Crippen LogP contribution in [0, 0.1) is 0 Å². The number of benzene rings is 1. The number of halogens is 3. The third kappa shape index (κ3) is 5.48. The van der Waals surface area contributed by atoms with E-state index in [-0.39, 0.29) is 24.2 Å². The van der Waals surface area contributed by atoms with Gasteiger partial charge in [0, 0.05) is 44.5 Å². The summed E-state index contributed by atoms with van der Waals surface area (Å²) in [6, 6.07) is 5.85. The smallest absolute Gasteiger partial charge is 0.369 e. The number of aromatic nitrogens is 2. The van der Waals surface area contributed by atoms with E-state index in [9.17, 15) is 18.0 Å². The van der Waals surface area contributed by atoms with Gasteiger partial charge in [0.2, 0.25) is 11.9 Å². The molecule has 0 spiro atoms. The van der Waals surface area contributed by atoms with Crippen molar-refractivity contribution in [3.63, 3.8) is 0 Å². The van der Waals surface area contributed by atoms with E-state index in [4.69, 9.17) is 0 Å². The highest BCUT2D eigenvalue weighted by Gasteiger charge is 2.35. The van der Waals surface area contributed by atoms with Gasteiger partial charge < -0.3 is 20.9 Å². The van der Waals surface area contributed by atoms with Crippen molar-refractivity contribution in [2.45, 2.75) is 44.8 Å². The molecule has 172 valence electrons. The van der Waals surface area contributed by atoms with Gasteiger partial charge in [-0.25, -0.2) is 4.98 Å². The average molecular weight is 448 g/mol. The monoisotopic (exact) mass is 448 g/mol. The van der Waals surface area contributed by atoms with Gasteiger partial charge in [0.1, 0.15) is 11.4 Å². The Bertz CT molecular complexity index is 965. The summed E-state index contributed by atoms with van der Waals surface area (Å²) in [6.45, 7) is 3.21. The first-order chi connectivity index (χ1) is 15.4. The summed E-state index contributed by atoms with van der Waals surface area (Å²) in [7, 11) is 0. The van der Waals surface area contributed by atoms with Crippen molar-refractivity contribution in [1.82, 2.24) is 20.2 Å². The van der Waals surface area contributed by atoms with E-state index in [1.807, 2.05) is 18.2 Å². The maximum Gasteiger partial charge on any atom is 0.421 e. The highest BCUT2D eigenvalue weighted by atomic mass is 19.4. The molecule has 4 rings (SSSR count). The fraction of sp³-hybridized carbons (Fsp3) is 0.500. The number of carbonyl (C=O) groups is 1. The minimum absolute atomic E-state index is 0.0978. The standard InChI is InChI=1S/C22H27F3N6O/c23-22(24,25)18-14-28-21(29-17-6-5-16-13-26-9-7-15(16)12-17)30-20(18)27-8-3-11-31-10-2-1-4-19(31)32/h5-6,12,14,26H,1-4,7-11,13H2,(H2,27,28,29,30). The van der Waals surface area contributed by atoms with E-state index in [0.29, 0.717) is 25.9 Å². The topological polar surface area (TPSA) is 82.2 Å². The number of piperidine rings is 1. The molecule has 0 saturated carbocycles. The highest BCUT2D eigenvalue weighted by molar-refractivity contribution is 5.76. The number of alkyl halides is 3. The van der Waals surface area contributed by atoms with Crippen molar-refractivity contribution in [1.29, 1.82) is 0 Å². The van der Waals surface area contributed by atoms with Crippen LogP contribution in [0.2, 0.25) is 0 Å². The third-order valence-electron chi connectivity index (χ3n) is 5.76. The second-order valence-corrected chi connectivity index (χ2v) is 8.11. The number of hydrogen-bond acceptors (Lipinski definition) is 6. The molecule has 2 aromatic rings. The molecule has 1 aromatic carbocycles. The van der Waals surface area contributed by atoms with E-state index >= 15 is 0 Å². The second-order valence-electron chi connectivity index (χ2n) is 8.11. The molecule has 10 heteroatoms. The molecule has 0 bridgehead atoms. The summed E-state index contributed by atoms with van der Waals surface area (Å²) in [5, 5.41) is 9.12. The lowest BCUT2D eigenvalue weighted by Crippen LogP contribution is -2.36. The normalized spacial score (nSPS) is 16.6. The maximum atomic E-state index is 13.4. The Balaban J connectivity index is 1.43. The zero-order valence-electron chi connectivity index (χ0n) is 17.8. The van der Waals surface area contributed by atoms with E-state index in [1.54, 1.807) is 4.90 Å². The number of amides is 1. The molecule has 1 saturated heterocycles. The van der Waals surface area contributed by atoms with Crippen LogP contribution in [0.5, 0.6) is 0 Å². The molecule has 2 aliphatic heterocycles. The van der Waals surface area contributed by atoms with E-state index in [2.05, 4.69) is 25.9 Å². The summed E-state index contributed by atoms with van der Waals surface area (Å²) in [4.78, 5) is 21.6. The van der Waals surface area contributed by atoms with Crippen LogP contribution in [0.1, 0.15) is 42.4 Å². The number of nitrogens with one attached hydrogen (secondary N) is 3. The predicted octanol–water partition coefficient (Wildman–Crippen LogP) is 3.70. The molecule has 1 aromatic heterocycles. The van der Waals surface area contributed by atoms with Gasteiger partial charge in [0.05, 0.1) is 0 Å². The quantitative estimate of drug-likeness (QED) is 0.561. The van der Waals surface area contributed by atoms with E-state index in [0.717, 1.165) is 44.2 Å². The Labute approximate surface area is 184 Å². The summed E-state index contributed by atoms with van der Waals surface area (Å²) < 4.78 is 40.3. The molecule has 0 unspecified atom stereocenters. The van der Waals surface area contributed by atoms with Crippen LogP contribution < -0.4 is 16.0 Å². The lowest BCUT2D eigenvalue weighted by Gasteiger charge is -2.26. The molecule has 1 fully saturated rings. The fourth-order valence-corrected chi connectivity index (χ4v) is 4.04. The Morgan fingerprint density at radius 1 is 1.16 bits per heavy atom. The van der Waals surface area contributed by atoms with Gasteiger partial charge in [0.25, 0.3) is 0 Å². The number of likely N-dealkylation sites (tertiary alicyclic amines) is 1. The summed E-state index contributed by atoms with van der Waals surface area (Å²) in [5.74, 6) is -0.0516. The molecule has 32 heavy (non-hydrogen) atoms. The van der Waals surface area contributed by atoms with Crippen molar-refractivity contribution < 1.29 is 18.0 Å². The minimum atomic E-state index is -4.57. The van der Waals surface area contributed by atoms with Crippen LogP contribution in [-0.2, 0) is 23.9 Å². The second kappa shape index (κ2) is 9.72. The zero-order valence-corrected chi connectivity index (χ0v) is 17.8. The Morgan fingerprint density at radius 2 is 2.03 bits per heavy atom. The molecule has 7 nitrogen and oxygen atoms in total. The van der Waals surface area contributed by atoms with E-state index < -0.39 is 11.7 Å². The Morgan fingerprint density at radius 3 is 2.84 bits per heavy atom. The first-order valence-corrected chi connectivity index (χ1v) is 11.0. The molecular formula is C22H27F3N6O. The van der Waals surface area contributed by atoms with Crippen LogP contribution in [0.4, 0.5) is 30.6 Å². The van der Waals surface area contributed by atoms with Crippen molar-refractivity contribution in [3.8, 4) is 0 Å². The van der Waals surface area contributed by atoms with Gasteiger partial charge in [-0.2, -0.15) is 18.2 Å². The number of carbonyl (C=O) groups excluding carboxylic acids is 1. The zero-order chi connectivity index (χ0) is 22.6. The molecule has 3 N–H and O–H groups in total. The van der Waals surface area contributed by atoms with E-state index in [1.165, 1.54) is 11.1 Å². The summed E-state index contributed by atoms with van der Waals surface area (Å²) in [6.07, 6.45) is 0.0834. The van der Waals surface area contributed by atoms with Crippen molar-refractivity contribution in [2.24, 2.45) is 0 Å². The number of anilines is 3. The Hall–Kier alpha value is -2.88. The molecule has 0 aliphatic carbocycles. The number of nitrogens with zero attached hydrogens (tertiary/aromatic N) is 3. The molecular weight excluding hydrogens is 421 g/mol. The highest BCUT2D eigenvalue weighted by Crippen LogP contribution is 2.34. The van der Waals surface area contributed by atoms with Crippen molar-refractivity contribution in [2.75, 3.05) is 36.8 Å². The van der Waals surface area contributed by atoms with Gasteiger partial charge in [-0.1, -0.05) is 6.07 Å². The van der Waals surface area contributed by atoms with Crippen LogP contribution in [0.15, 0.2) is 24.4 Å². The first kappa shape index (κ1) is 22.3. The lowest BCUT2D eigenvalue weighted by atomic mass is 10.0. The molecule has 0 atom stereocenters. The van der Waals surface area contributed by atoms with Crippen molar-refractivity contribution in [3.05, 3.63) is 41.1 Å². The average Bonchev–Trinajstić information content (AvgIpc) is 2.77. The van der Waals surface area contributed by atoms with Crippen LogP contribution >= 0.6 is 0 Å².